The minimum Gasteiger partial charge on any atom is -0.377 e. The number of fused-ring (bicyclic) bond motifs is 3. The molecule has 1 aliphatic rings. The Morgan fingerprint density at radius 3 is 2.83 bits per heavy atom. The van der Waals surface area contributed by atoms with Gasteiger partial charge in [0, 0.05) is 38.2 Å². The Hall–Kier alpha value is -3.04. The monoisotopic (exact) mass is 422 g/mol. The van der Waals surface area contributed by atoms with Crippen molar-refractivity contribution in [3.05, 3.63) is 52.5 Å². The molecule has 30 heavy (non-hydrogen) atoms. The van der Waals surface area contributed by atoms with Crippen LogP contribution >= 0.6 is 11.3 Å². The van der Waals surface area contributed by atoms with E-state index in [1.807, 2.05) is 51.1 Å². The lowest BCUT2D eigenvalue weighted by Crippen LogP contribution is -2.54. The number of amides is 1. The zero-order valence-corrected chi connectivity index (χ0v) is 17.7. The van der Waals surface area contributed by atoms with Crippen LogP contribution in [0.25, 0.3) is 16.6 Å². The van der Waals surface area contributed by atoms with E-state index in [4.69, 9.17) is 9.72 Å². The lowest BCUT2D eigenvalue weighted by molar-refractivity contribution is 0.0678. The molecule has 1 aromatic carbocycles. The molecule has 1 fully saturated rings. The molecule has 1 aliphatic heterocycles. The van der Waals surface area contributed by atoms with E-state index < -0.39 is 0 Å². The second kappa shape index (κ2) is 7.66. The fourth-order valence-corrected chi connectivity index (χ4v) is 4.72. The number of carbonyl (C=O) groups is 1. The van der Waals surface area contributed by atoms with Gasteiger partial charge in [-0.1, -0.05) is 18.2 Å². The smallest absolute Gasteiger partial charge is 0.264 e. The lowest BCUT2D eigenvalue weighted by Gasteiger charge is -2.40. The highest BCUT2D eigenvalue weighted by molar-refractivity contribution is 7.12. The van der Waals surface area contributed by atoms with E-state index in [0.29, 0.717) is 32.1 Å². The number of rotatable bonds is 4. The lowest BCUT2D eigenvalue weighted by atomic mass is 10.2. The van der Waals surface area contributed by atoms with Crippen LogP contribution in [0.15, 0.2) is 41.8 Å². The predicted molar refractivity (Wildman–Crippen MR) is 116 cm³/mol. The van der Waals surface area contributed by atoms with E-state index in [9.17, 15) is 4.79 Å². The van der Waals surface area contributed by atoms with Crippen LogP contribution in [0, 0.1) is 0 Å². The molecular formula is C21H22N6O2S. The van der Waals surface area contributed by atoms with Crippen molar-refractivity contribution in [3.63, 3.8) is 0 Å². The van der Waals surface area contributed by atoms with Crippen molar-refractivity contribution in [2.75, 3.05) is 31.6 Å². The maximum absolute atomic E-state index is 12.9. The van der Waals surface area contributed by atoms with Crippen molar-refractivity contribution in [1.82, 2.24) is 24.5 Å². The van der Waals surface area contributed by atoms with Crippen molar-refractivity contribution in [3.8, 4) is 0 Å². The summed E-state index contributed by atoms with van der Waals surface area (Å²) in [6, 6.07) is 11.8. The highest BCUT2D eigenvalue weighted by atomic mass is 32.1. The van der Waals surface area contributed by atoms with Gasteiger partial charge in [-0.15, -0.1) is 21.5 Å². The van der Waals surface area contributed by atoms with Crippen LogP contribution in [-0.2, 0) is 11.3 Å². The summed E-state index contributed by atoms with van der Waals surface area (Å²) in [5.74, 6) is 1.60. The molecule has 0 N–H and O–H groups in total. The third-order valence-electron chi connectivity index (χ3n) is 5.47. The summed E-state index contributed by atoms with van der Waals surface area (Å²) in [5.41, 5.74) is 1.65. The van der Waals surface area contributed by atoms with Gasteiger partial charge in [-0.2, -0.15) is 0 Å². The predicted octanol–water partition coefficient (Wildman–Crippen LogP) is 2.84. The highest BCUT2D eigenvalue weighted by Gasteiger charge is 2.31. The van der Waals surface area contributed by atoms with Crippen LogP contribution in [-0.4, -0.2) is 63.2 Å². The summed E-state index contributed by atoms with van der Waals surface area (Å²) in [4.78, 5) is 22.7. The van der Waals surface area contributed by atoms with Gasteiger partial charge in [-0.05, 0) is 30.5 Å². The van der Waals surface area contributed by atoms with E-state index >= 15 is 0 Å². The number of methoxy groups -OCH3 is 1. The van der Waals surface area contributed by atoms with Crippen molar-refractivity contribution in [2.24, 2.45) is 0 Å². The Labute approximate surface area is 177 Å². The maximum atomic E-state index is 12.9. The van der Waals surface area contributed by atoms with Crippen LogP contribution in [0.4, 0.5) is 5.95 Å². The second-order valence-electron chi connectivity index (χ2n) is 7.41. The number of piperazine rings is 1. The molecule has 0 bridgehead atoms. The third kappa shape index (κ3) is 3.10. The molecule has 3 aromatic heterocycles. The Morgan fingerprint density at radius 1 is 1.20 bits per heavy atom. The summed E-state index contributed by atoms with van der Waals surface area (Å²) in [6.07, 6.45) is 0. The topological polar surface area (TPSA) is 75.9 Å². The Kier molecular flexibility index (Phi) is 4.84. The number of benzene rings is 1. The highest BCUT2D eigenvalue weighted by Crippen LogP contribution is 2.26. The number of carbonyl (C=O) groups excluding carboxylic acids is 1. The van der Waals surface area contributed by atoms with Crippen LogP contribution in [0.1, 0.15) is 22.4 Å². The van der Waals surface area contributed by atoms with E-state index in [1.54, 1.807) is 7.11 Å². The fourth-order valence-electron chi connectivity index (χ4n) is 4.04. The molecular weight excluding hydrogens is 400 g/mol. The van der Waals surface area contributed by atoms with Crippen molar-refractivity contribution >= 4 is 39.7 Å². The molecule has 8 nitrogen and oxygen atoms in total. The minimum absolute atomic E-state index is 0.0547. The van der Waals surface area contributed by atoms with Gasteiger partial charge in [0.15, 0.2) is 11.5 Å². The van der Waals surface area contributed by atoms with Gasteiger partial charge in [0.05, 0.1) is 10.4 Å². The van der Waals surface area contributed by atoms with Gasteiger partial charge in [0.2, 0.25) is 5.95 Å². The van der Waals surface area contributed by atoms with E-state index in [-0.39, 0.29) is 11.9 Å². The Balaban J connectivity index is 1.53. The SMILES string of the molecule is COCc1nnc2c3ccccc3nc(N3CCN(C(=O)c4cccs4)[C@H](C)C3)n12. The standard InChI is InChI=1S/C21H22N6O2S/c1-14-12-25(9-10-26(14)20(28)17-8-5-11-30-17)21-22-16-7-4-3-6-15(16)19-24-23-18(13-29-2)27(19)21/h3-8,11,14H,9-10,12-13H2,1-2H3/t14-/m1/s1. The average Bonchev–Trinajstić information content (AvgIpc) is 3.44. The van der Waals surface area contributed by atoms with Gasteiger partial charge in [0.1, 0.15) is 6.61 Å². The zero-order chi connectivity index (χ0) is 20.7. The molecule has 4 aromatic rings. The number of ether oxygens (including phenoxy) is 1. The van der Waals surface area contributed by atoms with Crippen molar-refractivity contribution in [1.29, 1.82) is 0 Å². The first-order valence-electron chi connectivity index (χ1n) is 9.88. The summed E-state index contributed by atoms with van der Waals surface area (Å²) >= 11 is 1.48. The Morgan fingerprint density at radius 2 is 2.07 bits per heavy atom. The molecule has 4 heterocycles. The van der Waals surface area contributed by atoms with E-state index in [2.05, 4.69) is 22.0 Å². The molecule has 1 atom stereocenters. The number of hydrogen-bond donors (Lipinski definition) is 0. The first kappa shape index (κ1) is 19.0. The number of hydrogen-bond acceptors (Lipinski definition) is 7. The van der Waals surface area contributed by atoms with Crippen molar-refractivity contribution < 1.29 is 9.53 Å². The van der Waals surface area contributed by atoms with Gasteiger partial charge < -0.3 is 14.5 Å². The van der Waals surface area contributed by atoms with Crippen molar-refractivity contribution in [2.45, 2.75) is 19.6 Å². The number of anilines is 1. The first-order chi connectivity index (χ1) is 14.7. The molecule has 0 unspecified atom stereocenters. The molecule has 5 rings (SSSR count). The fraction of sp³-hybridized carbons (Fsp3) is 0.333. The van der Waals surface area contributed by atoms with Gasteiger partial charge >= 0.3 is 0 Å². The number of para-hydroxylation sites is 1. The Bertz CT molecular complexity index is 1210. The van der Waals surface area contributed by atoms with Crippen LogP contribution in [0.2, 0.25) is 0 Å². The molecule has 0 aliphatic carbocycles. The minimum atomic E-state index is 0.0547. The molecule has 1 amide bonds. The van der Waals surface area contributed by atoms with E-state index in [0.717, 1.165) is 27.4 Å². The number of thiophene rings is 1. The second-order valence-corrected chi connectivity index (χ2v) is 8.36. The number of aromatic nitrogens is 4. The summed E-state index contributed by atoms with van der Waals surface area (Å²) in [5, 5.41) is 11.7. The van der Waals surface area contributed by atoms with Crippen LogP contribution < -0.4 is 4.90 Å². The molecule has 154 valence electrons. The summed E-state index contributed by atoms with van der Waals surface area (Å²) in [6.45, 7) is 4.43. The third-order valence-corrected chi connectivity index (χ3v) is 6.33. The van der Waals surface area contributed by atoms with Crippen LogP contribution in [0.3, 0.4) is 0 Å². The first-order valence-corrected chi connectivity index (χ1v) is 10.8. The quantitative estimate of drug-likeness (QED) is 0.503. The molecule has 0 spiro atoms. The molecule has 0 radical (unpaired) electrons. The normalized spacial score (nSPS) is 17.2. The largest absolute Gasteiger partial charge is 0.377 e. The van der Waals surface area contributed by atoms with E-state index in [1.165, 1.54) is 11.3 Å². The van der Waals surface area contributed by atoms with Gasteiger partial charge in [0.25, 0.3) is 5.91 Å². The summed E-state index contributed by atoms with van der Waals surface area (Å²) < 4.78 is 7.32. The molecule has 0 saturated carbocycles. The van der Waals surface area contributed by atoms with Gasteiger partial charge in [-0.25, -0.2) is 9.38 Å². The molecule has 1 saturated heterocycles. The van der Waals surface area contributed by atoms with Gasteiger partial charge in [-0.3, -0.25) is 4.79 Å². The zero-order valence-electron chi connectivity index (χ0n) is 16.9. The average molecular weight is 423 g/mol. The maximum Gasteiger partial charge on any atom is 0.264 e. The summed E-state index contributed by atoms with van der Waals surface area (Å²) in [7, 11) is 1.65. The molecule has 9 heteroatoms. The van der Waals surface area contributed by atoms with Crippen LogP contribution in [0.5, 0.6) is 0 Å². The number of nitrogens with zero attached hydrogens (tertiary/aromatic N) is 6.